The second-order valence-electron chi connectivity index (χ2n) is 5.40. The molecule has 0 unspecified atom stereocenters. The molecule has 1 saturated heterocycles. The van der Waals surface area contributed by atoms with E-state index in [1.165, 1.54) is 24.3 Å². The van der Waals surface area contributed by atoms with Crippen molar-refractivity contribution in [3.8, 4) is 0 Å². The lowest BCUT2D eigenvalue weighted by atomic mass is 10.2. The Morgan fingerprint density at radius 3 is 2.81 bits per heavy atom. The molecule has 0 aromatic heterocycles. The number of benzene rings is 1. The molecular formula is C16H16ClN3O5S. The molecule has 0 bridgehead atoms. The smallest absolute Gasteiger partial charge is 0.293 e. The summed E-state index contributed by atoms with van der Waals surface area (Å²) in [6, 6.07) is 4.12. The van der Waals surface area contributed by atoms with Crippen molar-refractivity contribution in [1.82, 2.24) is 10.2 Å². The summed E-state index contributed by atoms with van der Waals surface area (Å²) in [6.07, 6.45) is 2.50. The number of imide groups is 1. The van der Waals surface area contributed by atoms with Crippen LogP contribution in [0.3, 0.4) is 0 Å². The maximum Gasteiger partial charge on any atom is 0.293 e. The average Bonchev–Trinajstić information content (AvgIpc) is 2.84. The van der Waals surface area contributed by atoms with Crippen molar-refractivity contribution in [2.24, 2.45) is 0 Å². The van der Waals surface area contributed by atoms with Gasteiger partial charge < -0.3 is 5.32 Å². The Bertz CT molecular complexity index is 796. The minimum absolute atomic E-state index is 0.0110. The molecule has 0 saturated carbocycles. The highest BCUT2D eigenvalue weighted by atomic mass is 35.5. The first-order valence-corrected chi connectivity index (χ1v) is 8.99. The molecule has 138 valence electrons. The van der Waals surface area contributed by atoms with Crippen molar-refractivity contribution < 1.29 is 19.3 Å². The number of nitro groups is 1. The minimum atomic E-state index is -0.621. The zero-order chi connectivity index (χ0) is 19.3. The highest BCUT2D eigenvalue weighted by Gasteiger charge is 2.34. The number of halogens is 1. The standard InChI is InChI=1S/C16H16ClN3O5S/c1-2-3-14(21)18-6-7-19-15(22)13(26-16(19)23)9-10-4-5-11(17)12(8-10)20(24)25/h4-5,8-9H,2-3,6-7H2,1H3,(H,18,21)/b13-9+. The zero-order valence-electron chi connectivity index (χ0n) is 13.9. The van der Waals surface area contributed by atoms with E-state index in [1.807, 2.05) is 6.92 Å². The van der Waals surface area contributed by atoms with E-state index < -0.39 is 16.1 Å². The first-order valence-electron chi connectivity index (χ1n) is 7.79. The summed E-state index contributed by atoms with van der Waals surface area (Å²) in [5.41, 5.74) is 0.112. The molecule has 26 heavy (non-hydrogen) atoms. The van der Waals surface area contributed by atoms with Gasteiger partial charge in [0.05, 0.1) is 9.83 Å². The van der Waals surface area contributed by atoms with Crippen LogP contribution in [0.2, 0.25) is 5.02 Å². The van der Waals surface area contributed by atoms with Gasteiger partial charge in [0.15, 0.2) is 0 Å². The van der Waals surface area contributed by atoms with Gasteiger partial charge in [0.1, 0.15) is 5.02 Å². The van der Waals surface area contributed by atoms with Crippen LogP contribution in [-0.4, -0.2) is 40.0 Å². The molecule has 0 radical (unpaired) electrons. The first kappa shape index (κ1) is 19.9. The number of carbonyl (C=O) groups excluding carboxylic acids is 3. The highest BCUT2D eigenvalue weighted by Crippen LogP contribution is 2.33. The van der Waals surface area contributed by atoms with Crippen LogP contribution in [0.5, 0.6) is 0 Å². The Kier molecular flexibility index (Phi) is 6.76. The Labute approximate surface area is 158 Å². The molecule has 1 N–H and O–H groups in total. The average molecular weight is 398 g/mol. The first-order chi connectivity index (χ1) is 12.3. The molecule has 1 aliphatic rings. The van der Waals surface area contributed by atoms with Crippen LogP contribution in [0.25, 0.3) is 6.08 Å². The maximum absolute atomic E-state index is 12.4. The van der Waals surface area contributed by atoms with Crippen LogP contribution >= 0.6 is 23.4 Å². The molecule has 1 aromatic carbocycles. The van der Waals surface area contributed by atoms with E-state index in [9.17, 15) is 24.5 Å². The molecule has 8 nitrogen and oxygen atoms in total. The van der Waals surface area contributed by atoms with Gasteiger partial charge in [-0.15, -0.1) is 0 Å². The summed E-state index contributed by atoms with van der Waals surface area (Å²) < 4.78 is 0. The molecule has 10 heteroatoms. The maximum atomic E-state index is 12.4. The van der Waals surface area contributed by atoms with Gasteiger partial charge in [-0.1, -0.05) is 24.6 Å². The van der Waals surface area contributed by atoms with Crippen molar-refractivity contribution >= 4 is 52.2 Å². The summed E-state index contributed by atoms with van der Waals surface area (Å²) in [6.45, 7) is 2.12. The summed E-state index contributed by atoms with van der Waals surface area (Å²) in [7, 11) is 0. The normalized spacial score (nSPS) is 15.6. The zero-order valence-corrected chi connectivity index (χ0v) is 15.4. The van der Waals surface area contributed by atoms with Gasteiger partial charge in [0.25, 0.3) is 16.8 Å². The summed E-state index contributed by atoms with van der Waals surface area (Å²) in [4.78, 5) is 47.3. The summed E-state index contributed by atoms with van der Waals surface area (Å²) >= 11 is 6.50. The molecule has 2 rings (SSSR count). The van der Waals surface area contributed by atoms with Gasteiger partial charge >= 0.3 is 0 Å². The lowest BCUT2D eigenvalue weighted by Crippen LogP contribution is -2.37. The Morgan fingerprint density at radius 2 is 2.15 bits per heavy atom. The molecular weight excluding hydrogens is 382 g/mol. The molecule has 0 spiro atoms. The highest BCUT2D eigenvalue weighted by molar-refractivity contribution is 8.18. The largest absolute Gasteiger partial charge is 0.354 e. The number of thioether (sulfide) groups is 1. The van der Waals surface area contributed by atoms with Crippen LogP contribution in [0.4, 0.5) is 10.5 Å². The lowest BCUT2D eigenvalue weighted by molar-refractivity contribution is -0.384. The predicted molar refractivity (Wildman–Crippen MR) is 98.7 cm³/mol. The third-order valence-electron chi connectivity index (χ3n) is 3.47. The quantitative estimate of drug-likeness (QED) is 0.429. The third kappa shape index (κ3) is 4.83. The van der Waals surface area contributed by atoms with E-state index in [-0.39, 0.29) is 34.6 Å². The topological polar surface area (TPSA) is 110 Å². The van der Waals surface area contributed by atoms with Gasteiger partial charge in [-0.05, 0) is 35.9 Å². The number of nitrogens with zero attached hydrogens (tertiary/aromatic N) is 2. The van der Waals surface area contributed by atoms with Crippen LogP contribution < -0.4 is 5.32 Å². The summed E-state index contributed by atoms with van der Waals surface area (Å²) in [5.74, 6) is -0.633. The van der Waals surface area contributed by atoms with Gasteiger partial charge in [-0.2, -0.15) is 0 Å². The van der Waals surface area contributed by atoms with Crippen LogP contribution in [0.15, 0.2) is 23.1 Å². The van der Waals surface area contributed by atoms with Crippen molar-refractivity contribution in [2.45, 2.75) is 19.8 Å². The minimum Gasteiger partial charge on any atom is -0.354 e. The number of amides is 3. The van der Waals surface area contributed by atoms with Crippen LogP contribution in [0.1, 0.15) is 25.3 Å². The Hall–Kier alpha value is -2.39. The Morgan fingerprint density at radius 1 is 1.42 bits per heavy atom. The van der Waals surface area contributed by atoms with E-state index in [0.29, 0.717) is 18.4 Å². The fraction of sp³-hybridized carbons (Fsp3) is 0.312. The van der Waals surface area contributed by atoms with Gasteiger partial charge in [-0.3, -0.25) is 29.4 Å². The van der Waals surface area contributed by atoms with Gasteiger partial charge in [-0.25, -0.2) is 0 Å². The van der Waals surface area contributed by atoms with Crippen LogP contribution in [-0.2, 0) is 9.59 Å². The second-order valence-corrected chi connectivity index (χ2v) is 6.80. The number of nitrogens with one attached hydrogen (secondary N) is 1. The molecule has 1 aromatic rings. The lowest BCUT2D eigenvalue weighted by Gasteiger charge is -2.12. The van der Waals surface area contributed by atoms with Crippen LogP contribution in [0, 0.1) is 10.1 Å². The number of rotatable bonds is 7. The van der Waals surface area contributed by atoms with E-state index in [4.69, 9.17) is 11.6 Å². The molecule has 0 atom stereocenters. The molecule has 1 heterocycles. The molecule has 0 aliphatic carbocycles. The Balaban J connectivity index is 2.08. The molecule has 1 fully saturated rings. The third-order valence-corrected chi connectivity index (χ3v) is 4.70. The van der Waals surface area contributed by atoms with Gasteiger partial charge in [0, 0.05) is 25.6 Å². The fourth-order valence-electron chi connectivity index (χ4n) is 2.23. The van der Waals surface area contributed by atoms with E-state index in [1.54, 1.807) is 0 Å². The number of hydrogen-bond acceptors (Lipinski definition) is 6. The van der Waals surface area contributed by atoms with Crippen molar-refractivity contribution in [3.63, 3.8) is 0 Å². The number of carbonyl (C=O) groups is 3. The summed E-state index contributed by atoms with van der Waals surface area (Å²) in [5, 5.41) is 13.1. The fourth-order valence-corrected chi connectivity index (χ4v) is 3.28. The van der Waals surface area contributed by atoms with E-state index >= 15 is 0 Å². The van der Waals surface area contributed by atoms with Gasteiger partial charge in [0.2, 0.25) is 5.91 Å². The second kappa shape index (κ2) is 8.81. The molecule has 3 amide bonds. The number of nitro benzene ring substituents is 1. The van der Waals surface area contributed by atoms with Crippen molar-refractivity contribution in [2.75, 3.05) is 13.1 Å². The SMILES string of the molecule is CCCC(=O)NCCN1C(=O)S/C(=C/c2ccc(Cl)c([N+](=O)[O-])c2)C1=O. The van der Waals surface area contributed by atoms with E-state index in [2.05, 4.69) is 5.32 Å². The van der Waals surface area contributed by atoms with Crippen molar-refractivity contribution in [3.05, 3.63) is 43.8 Å². The monoisotopic (exact) mass is 397 g/mol. The predicted octanol–water partition coefficient (Wildman–Crippen LogP) is 3.20. The van der Waals surface area contributed by atoms with Crippen molar-refractivity contribution in [1.29, 1.82) is 0 Å². The molecule has 1 aliphatic heterocycles. The van der Waals surface area contributed by atoms with E-state index in [0.717, 1.165) is 16.7 Å². The number of hydrogen-bond donors (Lipinski definition) is 1.